The monoisotopic (exact) mass is 457 g/mol. The molecular weight excluding hydrogens is 430 g/mol. The van der Waals surface area contributed by atoms with E-state index in [-0.39, 0.29) is 10.3 Å². The Morgan fingerprint density at radius 3 is 2.26 bits per heavy atom. The van der Waals surface area contributed by atoms with Gasteiger partial charge >= 0.3 is 10.1 Å². The molecule has 0 radical (unpaired) electrons. The molecular formula is C23H27N3O3S2. The molecule has 0 aliphatic carbocycles. The molecule has 8 heteroatoms. The van der Waals surface area contributed by atoms with Gasteiger partial charge in [-0.25, -0.2) is 4.98 Å². The lowest BCUT2D eigenvalue weighted by atomic mass is 9.71. The second-order valence-electron chi connectivity index (χ2n) is 8.13. The van der Waals surface area contributed by atoms with Gasteiger partial charge in [-0.3, -0.25) is 0 Å². The minimum absolute atomic E-state index is 0.174. The van der Waals surface area contributed by atoms with Crippen molar-refractivity contribution in [1.82, 2.24) is 10.0 Å². The number of thiazole rings is 1. The van der Waals surface area contributed by atoms with Gasteiger partial charge < -0.3 is 4.90 Å². The molecule has 0 bridgehead atoms. The van der Waals surface area contributed by atoms with Crippen molar-refractivity contribution in [3.05, 3.63) is 76.8 Å². The summed E-state index contributed by atoms with van der Waals surface area (Å²) in [6.07, 6.45) is 1.44. The van der Waals surface area contributed by atoms with Gasteiger partial charge in [-0.1, -0.05) is 48.0 Å². The van der Waals surface area contributed by atoms with E-state index in [4.69, 9.17) is 9.27 Å². The largest absolute Gasteiger partial charge is 0.354 e. The van der Waals surface area contributed by atoms with Gasteiger partial charge in [-0.15, -0.1) is 11.3 Å². The number of benzene rings is 2. The normalized spacial score (nSPS) is 16.9. The van der Waals surface area contributed by atoms with Gasteiger partial charge in [0.05, 0.1) is 10.6 Å². The van der Waals surface area contributed by atoms with Crippen molar-refractivity contribution in [3.8, 4) is 0 Å². The predicted molar refractivity (Wildman–Crippen MR) is 124 cm³/mol. The van der Waals surface area contributed by atoms with Gasteiger partial charge in [0.1, 0.15) is 0 Å². The van der Waals surface area contributed by atoms with Crippen LogP contribution in [0.1, 0.15) is 29.7 Å². The predicted octanol–water partition coefficient (Wildman–Crippen LogP) is 4.22. The molecule has 1 aromatic heterocycles. The Morgan fingerprint density at radius 1 is 1.03 bits per heavy atom. The zero-order chi connectivity index (χ0) is 22.1. The van der Waals surface area contributed by atoms with E-state index in [0.29, 0.717) is 13.1 Å². The fourth-order valence-corrected chi connectivity index (χ4v) is 5.81. The van der Waals surface area contributed by atoms with Crippen LogP contribution < -0.4 is 4.90 Å². The first-order valence-electron chi connectivity index (χ1n) is 10.3. The van der Waals surface area contributed by atoms with E-state index in [1.54, 1.807) is 40.7 Å². The molecule has 3 aromatic rings. The smallest absolute Gasteiger partial charge is 0.313 e. The Labute approximate surface area is 188 Å². The molecule has 0 atom stereocenters. The highest BCUT2D eigenvalue weighted by atomic mass is 32.2. The average molecular weight is 458 g/mol. The van der Waals surface area contributed by atoms with Gasteiger partial charge in [0, 0.05) is 38.0 Å². The molecule has 0 spiro atoms. The van der Waals surface area contributed by atoms with E-state index in [9.17, 15) is 8.42 Å². The van der Waals surface area contributed by atoms with Crippen LogP contribution in [0.2, 0.25) is 0 Å². The second-order valence-corrected chi connectivity index (χ2v) is 10.5. The second kappa shape index (κ2) is 8.70. The van der Waals surface area contributed by atoms with Crippen LogP contribution >= 0.6 is 11.3 Å². The van der Waals surface area contributed by atoms with E-state index in [1.165, 1.54) is 5.56 Å². The Balaban J connectivity index is 1.57. The van der Waals surface area contributed by atoms with Crippen LogP contribution in [0.15, 0.2) is 64.9 Å². The molecule has 0 amide bonds. The van der Waals surface area contributed by atoms with Crippen LogP contribution in [-0.4, -0.2) is 45.6 Å². The van der Waals surface area contributed by atoms with E-state index in [1.807, 2.05) is 44.1 Å². The van der Waals surface area contributed by atoms with Gasteiger partial charge in [0.2, 0.25) is 0 Å². The molecule has 6 nitrogen and oxygen atoms in total. The minimum Gasteiger partial charge on any atom is -0.354 e. The van der Waals surface area contributed by atoms with Crippen molar-refractivity contribution >= 4 is 26.6 Å². The summed E-state index contributed by atoms with van der Waals surface area (Å²) in [6, 6.07) is 17.1. The summed E-state index contributed by atoms with van der Waals surface area (Å²) in [6.45, 7) is 2.91. The minimum atomic E-state index is -3.84. The third kappa shape index (κ3) is 4.52. The number of rotatable bonds is 6. The number of nitrogens with zero attached hydrogens (tertiary/aromatic N) is 3. The highest BCUT2D eigenvalue weighted by molar-refractivity contribution is 7.86. The lowest BCUT2D eigenvalue weighted by Crippen LogP contribution is -2.44. The van der Waals surface area contributed by atoms with Crippen LogP contribution in [0.3, 0.4) is 0 Å². The first kappa shape index (κ1) is 22.0. The van der Waals surface area contributed by atoms with Crippen LogP contribution in [0, 0.1) is 6.92 Å². The fraction of sp³-hybridized carbons (Fsp3) is 0.348. The molecule has 0 N–H and O–H groups in total. The molecule has 0 saturated carbocycles. The number of anilines is 1. The molecule has 0 unspecified atom stereocenters. The van der Waals surface area contributed by atoms with Gasteiger partial charge in [-0.05, 0) is 37.5 Å². The summed E-state index contributed by atoms with van der Waals surface area (Å²) in [5.41, 5.74) is 2.98. The number of aromatic nitrogens is 1. The lowest BCUT2D eigenvalue weighted by Gasteiger charge is -2.40. The van der Waals surface area contributed by atoms with Crippen molar-refractivity contribution in [2.24, 2.45) is 0 Å². The van der Waals surface area contributed by atoms with Crippen molar-refractivity contribution in [2.75, 3.05) is 32.1 Å². The zero-order valence-corrected chi connectivity index (χ0v) is 19.6. The molecule has 1 aliphatic heterocycles. The Kier molecular flexibility index (Phi) is 6.16. The van der Waals surface area contributed by atoms with Gasteiger partial charge in [0.25, 0.3) is 0 Å². The maximum atomic E-state index is 12.7. The molecule has 1 aliphatic rings. The molecule has 2 heterocycles. The van der Waals surface area contributed by atoms with E-state index in [0.717, 1.165) is 29.2 Å². The zero-order valence-electron chi connectivity index (χ0n) is 18.0. The Hall–Kier alpha value is -2.26. The Bertz CT molecular complexity index is 1120. The van der Waals surface area contributed by atoms with E-state index < -0.39 is 10.1 Å². The van der Waals surface area contributed by atoms with Crippen LogP contribution in [-0.2, 0) is 19.8 Å². The fourth-order valence-electron chi connectivity index (χ4n) is 3.97. The van der Waals surface area contributed by atoms with Crippen LogP contribution in [0.4, 0.5) is 5.13 Å². The third-order valence-corrected chi connectivity index (χ3v) is 8.05. The first-order chi connectivity index (χ1) is 14.8. The topological polar surface area (TPSA) is 62.7 Å². The Morgan fingerprint density at radius 2 is 1.68 bits per heavy atom. The molecule has 164 valence electrons. The summed E-state index contributed by atoms with van der Waals surface area (Å²) in [7, 11) is 0.136. The quantitative estimate of drug-likeness (QED) is 0.552. The summed E-state index contributed by atoms with van der Waals surface area (Å²) >= 11 is 1.63. The van der Waals surface area contributed by atoms with E-state index >= 15 is 0 Å². The van der Waals surface area contributed by atoms with Crippen molar-refractivity contribution in [3.63, 3.8) is 0 Å². The number of hydrogen-bond acceptors (Lipinski definition) is 7. The number of hydrogen-bond donors (Lipinski definition) is 0. The third-order valence-electron chi connectivity index (χ3n) is 5.78. The summed E-state index contributed by atoms with van der Waals surface area (Å²) < 4.78 is 30.9. The van der Waals surface area contributed by atoms with Crippen molar-refractivity contribution in [2.45, 2.75) is 30.1 Å². The highest BCUT2D eigenvalue weighted by Crippen LogP contribution is 2.43. The standard InChI is InChI=1S/C23H27N3O3S2/c1-18-9-11-20(12-10-18)31(27,28)29-26-15-13-23(14-16-26,19-7-5-4-6-8-19)21-17-30-22(24-21)25(2)3/h4-12,17H,13-16H2,1-3H3. The summed E-state index contributed by atoms with van der Waals surface area (Å²) in [4.78, 5) is 7.09. The van der Waals surface area contributed by atoms with Crippen LogP contribution in [0.5, 0.6) is 0 Å². The van der Waals surface area contributed by atoms with Gasteiger partial charge in [0.15, 0.2) is 5.13 Å². The van der Waals surface area contributed by atoms with Crippen molar-refractivity contribution in [1.29, 1.82) is 0 Å². The van der Waals surface area contributed by atoms with Gasteiger partial charge in [-0.2, -0.15) is 17.8 Å². The lowest BCUT2D eigenvalue weighted by molar-refractivity contribution is -0.0768. The number of piperidine rings is 1. The molecule has 1 fully saturated rings. The maximum Gasteiger partial charge on any atom is 0.313 e. The summed E-state index contributed by atoms with van der Waals surface area (Å²) in [5, 5.41) is 4.66. The highest BCUT2D eigenvalue weighted by Gasteiger charge is 2.41. The SMILES string of the molecule is Cc1ccc(S(=O)(=O)ON2CCC(c3ccccc3)(c3csc(N(C)C)n3)CC2)cc1. The number of hydroxylamine groups is 2. The van der Waals surface area contributed by atoms with Crippen LogP contribution in [0.25, 0.3) is 0 Å². The van der Waals surface area contributed by atoms with E-state index in [2.05, 4.69) is 17.5 Å². The molecule has 2 aromatic carbocycles. The maximum absolute atomic E-state index is 12.7. The average Bonchev–Trinajstić information content (AvgIpc) is 3.26. The molecule has 4 rings (SSSR count). The molecule has 31 heavy (non-hydrogen) atoms. The van der Waals surface area contributed by atoms with Crippen molar-refractivity contribution < 1.29 is 12.7 Å². The number of aryl methyl sites for hydroxylation is 1. The molecule has 1 saturated heterocycles. The first-order valence-corrected chi connectivity index (χ1v) is 12.5. The summed E-state index contributed by atoms with van der Waals surface area (Å²) in [5.74, 6) is 0.